The third-order valence-electron chi connectivity index (χ3n) is 1.97. The van der Waals surface area contributed by atoms with E-state index in [9.17, 15) is 13.6 Å². The second-order valence-electron chi connectivity index (χ2n) is 3.20. The summed E-state index contributed by atoms with van der Waals surface area (Å²) in [7, 11) is 0. The van der Waals surface area contributed by atoms with Crippen molar-refractivity contribution < 1.29 is 13.6 Å². The third kappa shape index (κ3) is 3.68. The number of nitrogens with two attached hydrogens (primary N) is 1. The van der Waals surface area contributed by atoms with Gasteiger partial charge in [-0.25, -0.2) is 8.78 Å². The number of halogens is 2. The van der Waals surface area contributed by atoms with Gasteiger partial charge in [0.1, 0.15) is 6.29 Å². The van der Waals surface area contributed by atoms with E-state index in [0.717, 1.165) is 11.6 Å². The van der Waals surface area contributed by atoms with Crippen molar-refractivity contribution in [2.24, 2.45) is 5.73 Å². The molecule has 0 radical (unpaired) electrons. The average Bonchev–Trinajstić information content (AvgIpc) is 2.10. The van der Waals surface area contributed by atoms with Gasteiger partial charge in [-0.15, -0.1) is 0 Å². The highest BCUT2D eigenvalue weighted by Gasteiger charge is 2.24. The Kier molecular flexibility index (Phi) is 4.47. The summed E-state index contributed by atoms with van der Waals surface area (Å²) >= 11 is 0. The lowest BCUT2D eigenvalue weighted by atomic mass is 10.1. The van der Waals surface area contributed by atoms with Crippen LogP contribution in [0.2, 0.25) is 0 Å². The number of alkyl halides is 2. The van der Waals surface area contributed by atoms with Crippen molar-refractivity contribution in [3.8, 4) is 0 Å². The molecule has 2 nitrogen and oxygen atoms in total. The van der Waals surface area contributed by atoms with Gasteiger partial charge in [0.2, 0.25) is 0 Å². The lowest BCUT2D eigenvalue weighted by Crippen LogP contribution is -2.21. The highest BCUT2D eigenvalue weighted by molar-refractivity contribution is 5.79. The summed E-state index contributed by atoms with van der Waals surface area (Å²) in [6, 6.07) is 0. The molecule has 0 saturated heterocycles. The van der Waals surface area contributed by atoms with Crippen molar-refractivity contribution in [3.05, 3.63) is 22.9 Å². The van der Waals surface area contributed by atoms with E-state index in [2.05, 4.69) is 0 Å². The van der Waals surface area contributed by atoms with Crippen molar-refractivity contribution in [2.75, 3.05) is 0 Å². The summed E-state index contributed by atoms with van der Waals surface area (Å²) < 4.78 is 25.3. The molecule has 0 spiro atoms. The SMILES string of the molecule is CC/C(C)=C(C=O)/C=C(\N)C(C)(F)F. The largest absolute Gasteiger partial charge is 0.397 e. The number of rotatable bonds is 4. The van der Waals surface area contributed by atoms with Gasteiger partial charge in [-0.05, 0) is 19.4 Å². The Morgan fingerprint density at radius 2 is 2.00 bits per heavy atom. The topological polar surface area (TPSA) is 43.1 Å². The summed E-state index contributed by atoms with van der Waals surface area (Å²) in [5.74, 6) is -3.08. The quantitative estimate of drug-likeness (QED) is 0.433. The average molecular weight is 203 g/mol. The molecule has 14 heavy (non-hydrogen) atoms. The first kappa shape index (κ1) is 12.8. The van der Waals surface area contributed by atoms with E-state index in [-0.39, 0.29) is 5.57 Å². The van der Waals surface area contributed by atoms with Gasteiger partial charge in [0.05, 0.1) is 5.70 Å². The molecule has 0 heterocycles. The molecule has 0 aromatic rings. The standard InChI is InChI=1S/C10H15F2NO/c1-4-7(2)8(6-14)5-9(13)10(3,11)12/h5-6H,4,13H2,1-3H3/b8-7-,9-5-. The zero-order valence-electron chi connectivity index (χ0n) is 8.60. The van der Waals surface area contributed by atoms with Crippen molar-refractivity contribution >= 4 is 6.29 Å². The summed E-state index contributed by atoms with van der Waals surface area (Å²) in [5.41, 5.74) is 5.52. The van der Waals surface area contributed by atoms with Gasteiger partial charge < -0.3 is 5.73 Å². The molecule has 0 aliphatic carbocycles. The summed E-state index contributed by atoms with van der Waals surface area (Å²) in [4.78, 5) is 10.6. The van der Waals surface area contributed by atoms with Gasteiger partial charge in [0.25, 0.3) is 5.92 Å². The van der Waals surface area contributed by atoms with Crippen LogP contribution in [0.25, 0.3) is 0 Å². The Labute approximate surface area is 82.5 Å². The first-order chi connectivity index (χ1) is 6.32. The second-order valence-corrected chi connectivity index (χ2v) is 3.20. The molecule has 0 fully saturated rings. The molecule has 0 amide bonds. The van der Waals surface area contributed by atoms with Crippen molar-refractivity contribution in [2.45, 2.75) is 33.1 Å². The molecular weight excluding hydrogens is 188 g/mol. The van der Waals surface area contributed by atoms with Crippen molar-refractivity contribution in [1.82, 2.24) is 0 Å². The highest BCUT2D eigenvalue weighted by Crippen LogP contribution is 2.20. The maximum atomic E-state index is 12.6. The van der Waals surface area contributed by atoms with Crippen LogP contribution in [-0.4, -0.2) is 12.2 Å². The predicted molar refractivity (Wildman–Crippen MR) is 51.9 cm³/mol. The lowest BCUT2D eigenvalue weighted by molar-refractivity contribution is -0.104. The molecule has 0 rings (SSSR count). The summed E-state index contributed by atoms with van der Waals surface area (Å²) in [5, 5.41) is 0. The second kappa shape index (κ2) is 4.88. The van der Waals surface area contributed by atoms with Gasteiger partial charge in [-0.3, -0.25) is 4.79 Å². The number of carbonyl (C=O) groups is 1. The van der Waals surface area contributed by atoms with E-state index in [0.29, 0.717) is 19.6 Å². The van der Waals surface area contributed by atoms with Crippen molar-refractivity contribution in [3.63, 3.8) is 0 Å². The summed E-state index contributed by atoms with van der Waals surface area (Å²) in [6.45, 7) is 4.25. The highest BCUT2D eigenvalue weighted by atomic mass is 19.3. The fourth-order valence-electron chi connectivity index (χ4n) is 0.756. The molecule has 0 atom stereocenters. The Bertz CT molecular complexity index is 274. The van der Waals surface area contributed by atoms with Crippen LogP contribution in [0.1, 0.15) is 27.2 Å². The van der Waals surface area contributed by atoms with Gasteiger partial charge in [-0.1, -0.05) is 12.5 Å². The third-order valence-corrected chi connectivity index (χ3v) is 1.97. The number of allylic oxidation sites excluding steroid dienone is 4. The molecule has 0 saturated carbocycles. The van der Waals surface area contributed by atoms with E-state index < -0.39 is 11.6 Å². The van der Waals surface area contributed by atoms with E-state index in [1.165, 1.54) is 0 Å². The molecule has 80 valence electrons. The normalized spacial score (nSPS) is 15.1. The van der Waals surface area contributed by atoms with Gasteiger partial charge >= 0.3 is 0 Å². The van der Waals surface area contributed by atoms with Crippen LogP contribution in [0.4, 0.5) is 8.78 Å². The fraction of sp³-hybridized carbons (Fsp3) is 0.500. The first-order valence-electron chi connectivity index (χ1n) is 4.33. The Morgan fingerprint density at radius 1 is 1.50 bits per heavy atom. The maximum absolute atomic E-state index is 12.6. The Balaban J connectivity index is 5.05. The minimum absolute atomic E-state index is 0.228. The molecule has 0 aliphatic heterocycles. The number of aldehydes is 1. The van der Waals surface area contributed by atoms with Crippen molar-refractivity contribution in [1.29, 1.82) is 0 Å². The van der Waals surface area contributed by atoms with Crippen LogP contribution in [0, 0.1) is 0 Å². The molecule has 0 aliphatic rings. The van der Waals surface area contributed by atoms with E-state index in [4.69, 9.17) is 5.73 Å². The van der Waals surface area contributed by atoms with Crippen LogP contribution in [0.15, 0.2) is 22.9 Å². The van der Waals surface area contributed by atoms with Gasteiger partial charge in [0.15, 0.2) is 0 Å². The fourth-order valence-corrected chi connectivity index (χ4v) is 0.756. The zero-order valence-corrected chi connectivity index (χ0v) is 8.60. The molecule has 0 unspecified atom stereocenters. The molecule has 0 aromatic heterocycles. The molecule has 0 aromatic carbocycles. The minimum Gasteiger partial charge on any atom is -0.397 e. The van der Waals surface area contributed by atoms with E-state index >= 15 is 0 Å². The number of carbonyl (C=O) groups excluding carboxylic acids is 1. The summed E-state index contributed by atoms with van der Waals surface area (Å²) in [6.07, 6.45) is 2.20. The predicted octanol–water partition coefficient (Wildman–Crippen LogP) is 2.41. The lowest BCUT2D eigenvalue weighted by Gasteiger charge is -2.10. The van der Waals surface area contributed by atoms with Crippen LogP contribution in [0.5, 0.6) is 0 Å². The van der Waals surface area contributed by atoms with Crippen LogP contribution in [0.3, 0.4) is 0 Å². The van der Waals surface area contributed by atoms with Crippen LogP contribution < -0.4 is 5.73 Å². The van der Waals surface area contributed by atoms with Crippen LogP contribution in [-0.2, 0) is 4.79 Å². The minimum atomic E-state index is -3.08. The Hall–Kier alpha value is -1.19. The molecular formula is C10H15F2NO. The monoisotopic (exact) mass is 203 g/mol. The smallest absolute Gasteiger partial charge is 0.284 e. The number of hydrogen-bond acceptors (Lipinski definition) is 2. The molecule has 4 heteroatoms. The Morgan fingerprint density at radius 3 is 2.29 bits per heavy atom. The zero-order chi connectivity index (χ0) is 11.4. The first-order valence-corrected chi connectivity index (χ1v) is 4.33. The van der Waals surface area contributed by atoms with Crippen LogP contribution >= 0.6 is 0 Å². The molecule has 0 bridgehead atoms. The maximum Gasteiger partial charge on any atom is 0.284 e. The molecule has 2 N–H and O–H groups in total. The van der Waals surface area contributed by atoms with E-state index in [1.54, 1.807) is 6.92 Å². The van der Waals surface area contributed by atoms with E-state index in [1.807, 2.05) is 6.92 Å². The van der Waals surface area contributed by atoms with Gasteiger partial charge in [-0.2, -0.15) is 0 Å². The number of hydrogen-bond donors (Lipinski definition) is 1. The van der Waals surface area contributed by atoms with Gasteiger partial charge in [0, 0.05) is 12.5 Å².